The van der Waals surface area contributed by atoms with Crippen molar-refractivity contribution >= 4 is 22.6 Å². The van der Waals surface area contributed by atoms with Gasteiger partial charge in [-0.25, -0.2) is 4.98 Å². The second-order valence-electron chi connectivity index (χ2n) is 8.95. The number of rotatable bonds is 5. The number of amides is 1. The Morgan fingerprint density at radius 3 is 2.74 bits per heavy atom. The Labute approximate surface area is 198 Å². The molecule has 12 heteroatoms. The number of H-pyrrole nitrogens is 1. The molecule has 2 aromatic heterocycles. The molecule has 0 bridgehead atoms. The molecule has 9 nitrogen and oxygen atoms in total. The van der Waals surface area contributed by atoms with Gasteiger partial charge in [-0.3, -0.25) is 9.78 Å². The van der Waals surface area contributed by atoms with Gasteiger partial charge in [-0.05, 0) is 26.0 Å². The number of nitrogens with zero attached hydrogens (tertiary/aromatic N) is 2. The molecule has 4 atom stereocenters. The second-order valence-corrected chi connectivity index (χ2v) is 8.95. The van der Waals surface area contributed by atoms with E-state index in [-0.39, 0.29) is 24.9 Å². The Kier molecular flexibility index (Phi) is 5.90. The lowest BCUT2D eigenvalue weighted by atomic mass is 9.98. The molecule has 2 fully saturated rings. The summed E-state index contributed by atoms with van der Waals surface area (Å²) in [5.74, 6) is -1.29. The summed E-state index contributed by atoms with van der Waals surface area (Å²) < 4.78 is 57.1. The number of benzene rings is 1. The molecule has 5 rings (SSSR count). The summed E-state index contributed by atoms with van der Waals surface area (Å²) in [4.78, 5) is 23.0. The number of carbonyl (C=O) groups excluding carboxylic acids is 1. The number of hydrogen-bond donors (Lipinski definition) is 3. The highest BCUT2D eigenvalue weighted by atomic mass is 19.4. The maximum atomic E-state index is 13.0. The minimum absolute atomic E-state index is 0.0500. The Morgan fingerprint density at radius 1 is 1.20 bits per heavy atom. The van der Waals surface area contributed by atoms with Crippen LogP contribution in [0.2, 0.25) is 0 Å². The number of nitrogens with one attached hydrogen (secondary N) is 3. The van der Waals surface area contributed by atoms with Crippen LogP contribution >= 0.6 is 0 Å². The number of hydrogen-bond acceptors (Lipinski definition) is 7. The predicted molar refractivity (Wildman–Crippen MR) is 119 cm³/mol. The average Bonchev–Trinajstić information content (AvgIpc) is 3.38. The third kappa shape index (κ3) is 4.95. The molecular formula is C23H24F3N5O4. The highest BCUT2D eigenvalue weighted by Crippen LogP contribution is 2.36. The molecule has 0 radical (unpaired) electrons. The topological polar surface area (TPSA) is 110 Å². The van der Waals surface area contributed by atoms with E-state index in [1.807, 2.05) is 24.3 Å². The van der Waals surface area contributed by atoms with Crippen LogP contribution in [0.5, 0.6) is 0 Å². The Balaban J connectivity index is 1.27. The maximum Gasteiger partial charge on any atom is 0.434 e. The van der Waals surface area contributed by atoms with Crippen molar-refractivity contribution in [2.45, 2.75) is 50.2 Å². The minimum atomic E-state index is -4.61. The van der Waals surface area contributed by atoms with E-state index in [0.717, 1.165) is 10.9 Å². The summed E-state index contributed by atoms with van der Waals surface area (Å²) >= 11 is 0. The van der Waals surface area contributed by atoms with Gasteiger partial charge < -0.3 is 29.8 Å². The molecule has 2 aliphatic rings. The van der Waals surface area contributed by atoms with Crippen LogP contribution in [0.25, 0.3) is 10.9 Å². The molecule has 3 N–H and O–H groups in total. The van der Waals surface area contributed by atoms with E-state index in [2.05, 4.69) is 25.6 Å². The van der Waals surface area contributed by atoms with E-state index in [9.17, 15) is 18.0 Å². The zero-order valence-corrected chi connectivity index (χ0v) is 18.9. The van der Waals surface area contributed by atoms with Crippen molar-refractivity contribution in [1.29, 1.82) is 0 Å². The predicted octanol–water partition coefficient (Wildman–Crippen LogP) is 3.11. The molecule has 2 saturated heterocycles. The molecule has 0 saturated carbocycles. The number of para-hydroxylation sites is 1. The van der Waals surface area contributed by atoms with Crippen LogP contribution < -0.4 is 10.6 Å². The number of ether oxygens (including phenoxy) is 3. The first-order valence-corrected chi connectivity index (χ1v) is 11.1. The van der Waals surface area contributed by atoms with E-state index >= 15 is 0 Å². The summed E-state index contributed by atoms with van der Waals surface area (Å²) in [7, 11) is 0. The number of aromatic amines is 1. The number of alkyl halides is 3. The highest BCUT2D eigenvalue weighted by molar-refractivity contribution is 5.97. The molecule has 0 spiro atoms. The van der Waals surface area contributed by atoms with Crippen molar-refractivity contribution in [3.8, 4) is 0 Å². The number of aromatic nitrogens is 3. The van der Waals surface area contributed by atoms with Crippen LogP contribution in [-0.4, -0.2) is 64.2 Å². The molecule has 186 valence electrons. The molecule has 1 amide bonds. The van der Waals surface area contributed by atoms with Crippen LogP contribution in [0, 0.1) is 0 Å². The normalized spacial score (nSPS) is 25.9. The molecule has 35 heavy (non-hydrogen) atoms. The van der Waals surface area contributed by atoms with Gasteiger partial charge in [-0.2, -0.15) is 13.2 Å². The number of carbonyl (C=O) groups is 1. The van der Waals surface area contributed by atoms with Gasteiger partial charge in [-0.1, -0.05) is 18.2 Å². The lowest BCUT2D eigenvalue weighted by molar-refractivity contribution is -0.153. The third-order valence-electron chi connectivity index (χ3n) is 5.91. The summed E-state index contributed by atoms with van der Waals surface area (Å²) in [5.41, 5.74) is 0.176. The van der Waals surface area contributed by atoms with Crippen LogP contribution in [0.15, 0.2) is 42.7 Å². The molecular weight excluding hydrogens is 467 g/mol. The first kappa shape index (κ1) is 23.5. The fraction of sp³-hybridized carbons (Fsp3) is 0.435. The quantitative estimate of drug-likeness (QED) is 0.503. The van der Waals surface area contributed by atoms with Crippen LogP contribution in [-0.2, 0) is 20.4 Å². The fourth-order valence-corrected chi connectivity index (χ4v) is 4.38. The van der Waals surface area contributed by atoms with Crippen LogP contribution in [0.4, 0.5) is 19.0 Å². The Hall–Kier alpha value is -3.22. The largest absolute Gasteiger partial charge is 0.434 e. The standard InChI is InChI=1S/C23H24F3N5O4/c1-22(2)34-19-15(30-18-10-27-9-17(31-18)23(24,25)26)11-33-16(20(19)35-22)8-28-21(32)14-7-12-5-3-4-6-13(12)29-14/h3-7,9-10,15-16,19-20,29H,8,11H2,1-2H3,(H,28,32)(H,30,31)/t15-,16+,19+,20-/m0/s1. The number of halogens is 3. The zero-order chi connectivity index (χ0) is 24.8. The summed E-state index contributed by atoms with van der Waals surface area (Å²) in [6.07, 6.45) is -4.39. The van der Waals surface area contributed by atoms with Gasteiger partial charge in [0, 0.05) is 17.4 Å². The Morgan fingerprint density at radius 2 is 1.97 bits per heavy atom. The lowest BCUT2D eigenvalue weighted by Crippen LogP contribution is -2.57. The summed E-state index contributed by atoms with van der Waals surface area (Å²) in [5, 5.41) is 6.72. The second kappa shape index (κ2) is 8.77. The van der Waals surface area contributed by atoms with Gasteiger partial charge in [0.05, 0.1) is 25.0 Å². The van der Waals surface area contributed by atoms with Crippen molar-refractivity contribution in [3.63, 3.8) is 0 Å². The molecule has 3 aromatic rings. The van der Waals surface area contributed by atoms with E-state index in [1.54, 1.807) is 19.9 Å². The van der Waals surface area contributed by atoms with Crippen molar-refractivity contribution in [3.05, 3.63) is 54.1 Å². The molecule has 4 heterocycles. The highest BCUT2D eigenvalue weighted by Gasteiger charge is 2.52. The molecule has 0 unspecified atom stereocenters. The van der Waals surface area contributed by atoms with Gasteiger partial charge >= 0.3 is 6.18 Å². The van der Waals surface area contributed by atoms with E-state index in [1.165, 1.54) is 6.20 Å². The summed E-state index contributed by atoms with van der Waals surface area (Å²) in [6, 6.07) is 8.79. The van der Waals surface area contributed by atoms with Crippen molar-refractivity contribution in [1.82, 2.24) is 20.3 Å². The fourth-order valence-electron chi connectivity index (χ4n) is 4.38. The van der Waals surface area contributed by atoms with Crippen LogP contribution in [0.3, 0.4) is 0 Å². The van der Waals surface area contributed by atoms with E-state index in [4.69, 9.17) is 14.2 Å². The minimum Gasteiger partial charge on any atom is -0.371 e. The van der Waals surface area contributed by atoms with Gasteiger partial charge in [-0.15, -0.1) is 0 Å². The monoisotopic (exact) mass is 491 g/mol. The smallest absolute Gasteiger partial charge is 0.371 e. The van der Waals surface area contributed by atoms with Crippen molar-refractivity contribution in [2.75, 3.05) is 18.5 Å². The number of anilines is 1. The van der Waals surface area contributed by atoms with Crippen LogP contribution in [0.1, 0.15) is 30.0 Å². The SMILES string of the molecule is CC1(C)O[C@@H]2[C@H](O1)[C@@H](Nc1cncc(C(F)(F)F)n1)CO[C@@H]2CNC(=O)c1cc2ccccc2[nH]1. The van der Waals surface area contributed by atoms with Gasteiger partial charge in [0.15, 0.2) is 11.5 Å². The van der Waals surface area contributed by atoms with E-state index in [0.29, 0.717) is 11.9 Å². The Bertz CT molecular complexity index is 1200. The van der Waals surface area contributed by atoms with E-state index < -0.39 is 42.0 Å². The van der Waals surface area contributed by atoms with Gasteiger partial charge in [0.25, 0.3) is 5.91 Å². The maximum absolute atomic E-state index is 13.0. The first-order valence-electron chi connectivity index (χ1n) is 11.1. The van der Waals surface area contributed by atoms with Gasteiger partial charge in [0.2, 0.25) is 0 Å². The molecule has 2 aliphatic heterocycles. The third-order valence-corrected chi connectivity index (χ3v) is 5.91. The van der Waals surface area contributed by atoms with Crippen molar-refractivity contribution in [2.24, 2.45) is 0 Å². The van der Waals surface area contributed by atoms with Crippen molar-refractivity contribution < 1.29 is 32.2 Å². The molecule has 0 aliphatic carbocycles. The summed E-state index contributed by atoms with van der Waals surface area (Å²) in [6.45, 7) is 3.75. The first-order chi connectivity index (χ1) is 16.6. The lowest BCUT2D eigenvalue weighted by Gasteiger charge is -2.37. The number of fused-ring (bicyclic) bond motifs is 2. The zero-order valence-electron chi connectivity index (χ0n) is 18.9. The van der Waals surface area contributed by atoms with Gasteiger partial charge in [0.1, 0.15) is 29.8 Å². The molecule has 1 aromatic carbocycles. The average molecular weight is 491 g/mol.